The molecule has 0 radical (unpaired) electrons. The van der Waals surface area contributed by atoms with E-state index in [4.69, 9.17) is 0 Å². The normalized spacial score (nSPS) is 23.2. The molecule has 94 valence electrons. The number of hydrogen-bond donors (Lipinski definition) is 1. The summed E-state index contributed by atoms with van der Waals surface area (Å²) in [5, 5.41) is 3.43. The van der Waals surface area contributed by atoms with Crippen LogP contribution in [0.25, 0.3) is 0 Å². The van der Waals surface area contributed by atoms with Gasteiger partial charge in [0.25, 0.3) is 6.47 Å². The zero-order valence-electron chi connectivity index (χ0n) is 10.9. The van der Waals surface area contributed by atoms with E-state index in [1.165, 1.54) is 32.5 Å². The Bertz CT molecular complexity index is 232. The van der Waals surface area contributed by atoms with E-state index in [9.17, 15) is 4.79 Å². The van der Waals surface area contributed by atoms with Gasteiger partial charge in [-0.25, -0.2) is 0 Å². The van der Waals surface area contributed by atoms with Crippen LogP contribution in [-0.4, -0.2) is 49.2 Å². The molecule has 0 aromatic heterocycles. The van der Waals surface area contributed by atoms with Crippen LogP contribution in [0.3, 0.4) is 0 Å². The molecule has 0 bridgehead atoms. The lowest BCUT2D eigenvalue weighted by Gasteiger charge is -2.33. The molecule has 0 amide bonds. The van der Waals surface area contributed by atoms with Gasteiger partial charge >= 0.3 is 0 Å². The first-order chi connectivity index (χ1) is 7.40. The van der Waals surface area contributed by atoms with Crippen LogP contribution in [-0.2, 0) is 9.53 Å². The lowest BCUT2D eigenvalue weighted by atomic mass is 10.2. The number of carbonyl (C=O) groups is 1. The molecule has 1 heterocycles. The van der Waals surface area contributed by atoms with Crippen LogP contribution in [0, 0.1) is 0 Å². The average molecular weight is 228 g/mol. The Balaban J connectivity index is 0.000000168. The van der Waals surface area contributed by atoms with E-state index < -0.39 is 0 Å². The standard InChI is InChI=1S/C7H14N2.C5H10O2/c1-9-5-4-8-6-7(9)2-3-7;1-5(2,3)7-4-6/h8H,2-6H2,1H3;4H,1-3H3. The lowest BCUT2D eigenvalue weighted by Crippen LogP contribution is -2.51. The first-order valence-corrected chi connectivity index (χ1v) is 5.93. The maximum Gasteiger partial charge on any atom is 0.293 e. The van der Waals surface area contributed by atoms with E-state index in [0.717, 1.165) is 0 Å². The van der Waals surface area contributed by atoms with Gasteiger partial charge in [-0.15, -0.1) is 0 Å². The fourth-order valence-electron chi connectivity index (χ4n) is 1.79. The molecule has 1 saturated carbocycles. The number of likely N-dealkylation sites (N-methyl/N-ethyl adjacent to an activating group) is 1. The van der Waals surface area contributed by atoms with Gasteiger partial charge in [0.15, 0.2) is 0 Å². The summed E-state index contributed by atoms with van der Waals surface area (Å²) in [5.41, 5.74) is 0.292. The molecule has 0 unspecified atom stereocenters. The van der Waals surface area contributed by atoms with Crippen molar-refractivity contribution in [2.24, 2.45) is 0 Å². The highest BCUT2D eigenvalue weighted by Gasteiger charge is 2.46. The van der Waals surface area contributed by atoms with Gasteiger partial charge in [-0.1, -0.05) is 0 Å². The molecule has 1 spiro atoms. The molecule has 1 saturated heterocycles. The number of ether oxygens (including phenoxy) is 1. The molecular formula is C12H24N2O2. The van der Waals surface area contributed by atoms with Gasteiger partial charge in [0.1, 0.15) is 5.60 Å². The second kappa shape index (κ2) is 5.15. The van der Waals surface area contributed by atoms with Gasteiger partial charge in [-0.3, -0.25) is 9.69 Å². The van der Waals surface area contributed by atoms with Crippen LogP contribution in [0.4, 0.5) is 0 Å². The van der Waals surface area contributed by atoms with Gasteiger partial charge in [0.05, 0.1) is 0 Å². The van der Waals surface area contributed by atoms with E-state index >= 15 is 0 Å². The summed E-state index contributed by atoms with van der Waals surface area (Å²) in [5.74, 6) is 0. The highest BCUT2D eigenvalue weighted by molar-refractivity contribution is 5.37. The summed E-state index contributed by atoms with van der Waals surface area (Å²) in [6, 6.07) is 0. The Morgan fingerprint density at radius 3 is 2.25 bits per heavy atom. The fourth-order valence-corrected chi connectivity index (χ4v) is 1.79. The maximum atomic E-state index is 9.60. The van der Waals surface area contributed by atoms with Crippen LogP contribution in [0.1, 0.15) is 33.6 Å². The van der Waals surface area contributed by atoms with Crippen molar-refractivity contribution >= 4 is 6.47 Å². The zero-order chi connectivity index (χ0) is 12.2. The van der Waals surface area contributed by atoms with Gasteiger partial charge in [0, 0.05) is 25.2 Å². The second-order valence-corrected chi connectivity index (χ2v) is 5.65. The molecule has 1 aliphatic carbocycles. The van der Waals surface area contributed by atoms with E-state index in [1.54, 1.807) is 0 Å². The van der Waals surface area contributed by atoms with E-state index in [2.05, 4.69) is 22.0 Å². The molecule has 0 aromatic carbocycles. The monoisotopic (exact) mass is 228 g/mol. The van der Waals surface area contributed by atoms with Crippen molar-refractivity contribution in [3.8, 4) is 0 Å². The molecule has 2 rings (SSSR count). The smallest absolute Gasteiger partial charge is 0.293 e. The fraction of sp³-hybridized carbons (Fsp3) is 0.917. The van der Waals surface area contributed by atoms with Crippen LogP contribution in [0.5, 0.6) is 0 Å². The number of rotatable bonds is 1. The van der Waals surface area contributed by atoms with Crippen molar-refractivity contribution < 1.29 is 9.53 Å². The van der Waals surface area contributed by atoms with E-state index in [-0.39, 0.29) is 5.60 Å². The van der Waals surface area contributed by atoms with Crippen LogP contribution in [0.2, 0.25) is 0 Å². The Hall–Kier alpha value is -0.610. The van der Waals surface area contributed by atoms with Gasteiger partial charge in [-0.2, -0.15) is 0 Å². The second-order valence-electron chi connectivity index (χ2n) is 5.65. The van der Waals surface area contributed by atoms with Gasteiger partial charge < -0.3 is 10.1 Å². The summed E-state index contributed by atoms with van der Waals surface area (Å²) in [4.78, 5) is 12.1. The van der Waals surface area contributed by atoms with Gasteiger partial charge in [-0.05, 0) is 40.7 Å². The number of nitrogens with zero attached hydrogens (tertiary/aromatic N) is 1. The maximum absolute atomic E-state index is 9.60. The summed E-state index contributed by atoms with van der Waals surface area (Å²) >= 11 is 0. The van der Waals surface area contributed by atoms with Crippen molar-refractivity contribution in [3.05, 3.63) is 0 Å². The molecular weight excluding hydrogens is 204 g/mol. The van der Waals surface area contributed by atoms with E-state index in [1.807, 2.05) is 20.8 Å². The van der Waals surface area contributed by atoms with Crippen LogP contribution in [0.15, 0.2) is 0 Å². The molecule has 16 heavy (non-hydrogen) atoms. The number of nitrogens with one attached hydrogen (secondary N) is 1. The molecule has 4 heteroatoms. The van der Waals surface area contributed by atoms with Crippen molar-refractivity contribution in [1.82, 2.24) is 10.2 Å². The Kier molecular flexibility index (Phi) is 4.33. The van der Waals surface area contributed by atoms with Crippen molar-refractivity contribution in [1.29, 1.82) is 0 Å². The van der Waals surface area contributed by atoms with Crippen LogP contribution < -0.4 is 5.32 Å². The predicted octanol–water partition coefficient (Wildman–Crippen LogP) is 1.01. The third-order valence-corrected chi connectivity index (χ3v) is 3.12. The number of carbonyl (C=O) groups excluding carboxylic acids is 1. The Labute approximate surface area is 98.3 Å². The number of hydrogen-bond acceptors (Lipinski definition) is 4. The summed E-state index contributed by atoms with van der Waals surface area (Å²) in [6.45, 7) is 9.56. The van der Waals surface area contributed by atoms with Gasteiger partial charge in [0.2, 0.25) is 0 Å². The predicted molar refractivity (Wildman–Crippen MR) is 64.4 cm³/mol. The molecule has 2 aliphatic rings. The molecule has 0 aromatic rings. The van der Waals surface area contributed by atoms with E-state index in [0.29, 0.717) is 12.0 Å². The molecule has 2 fully saturated rings. The van der Waals surface area contributed by atoms with Crippen LogP contribution >= 0.6 is 0 Å². The SMILES string of the molecule is CC(C)(C)OC=O.CN1CCNCC12CC2. The molecule has 0 atom stereocenters. The number of piperazine rings is 1. The molecule has 1 aliphatic heterocycles. The third-order valence-electron chi connectivity index (χ3n) is 3.12. The Morgan fingerprint density at radius 1 is 1.38 bits per heavy atom. The highest BCUT2D eigenvalue weighted by Crippen LogP contribution is 2.40. The van der Waals surface area contributed by atoms with Crippen molar-refractivity contribution in [2.45, 2.75) is 44.8 Å². The first kappa shape index (κ1) is 13.5. The largest absolute Gasteiger partial charge is 0.462 e. The molecule has 4 nitrogen and oxygen atoms in total. The minimum Gasteiger partial charge on any atom is -0.462 e. The first-order valence-electron chi connectivity index (χ1n) is 5.93. The topological polar surface area (TPSA) is 41.6 Å². The quantitative estimate of drug-likeness (QED) is 0.680. The zero-order valence-corrected chi connectivity index (χ0v) is 10.9. The summed E-state index contributed by atoms with van der Waals surface area (Å²) < 4.78 is 4.55. The summed E-state index contributed by atoms with van der Waals surface area (Å²) in [6.07, 6.45) is 2.83. The summed E-state index contributed by atoms with van der Waals surface area (Å²) in [7, 11) is 2.24. The molecule has 1 N–H and O–H groups in total. The lowest BCUT2D eigenvalue weighted by molar-refractivity contribution is -0.138. The van der Waals surface area contributed by atoms with Crippen molar-refractivity contribution in [2.75, 3.05) is 26.7 Å². The minimum atomic E-state index is -0.318. The average Bonchev–Trinajstić information content (AvgIpc) is 2.91. The third kappa shape index (κ3) is 4.10. The minimum absolute atomic E-state index is 0.318. The highest BCUT2D eigenvalue weighted by atomic mass is 16.5. The Morgan fingerprint density at radius 2 is 2.00 bits per heavy atom. The van der Waals surface area contributed by atoms with Crippen molar-refractivity contribution in [3.63, 3.8) is 0 Å².